The predicted molar refractivity (Wildman–Crippen MR) is 47.1 cm³/mol. The highest BCUT2D eigenvalue weighted by molar-refractivity contribution is 5.84. The van der Waals surface area contributed by atoms with Crippen LogP contribution in [0.2, 0.25) is 0 Å². The van der Waals surface area contributed by atoms with Crippen molar-refractivity contribution in [3.63, 3.8) is 0 Å². The zero-order chi connectivity index (χ0) is 8.69. The number of carbonyl (C=O) groups is 1. The second-order valence-electron chi connectivity index (χ2n) is 3.01. The predicted octanol–water partition coefficient (Wildman–Crippen LogP) is 1.91. The smallest absolute Gasteiger partial charge is 0.224 e. The van der Waals surface area contributed by atoms with Crippen molar-refractivity contribution in [1.29, 1.82) is 0 Å². The second-order valence-corrected chi connectivity index (χ2v) is 3.01. The number of rotatable bonds is 5. The summed E-state index contributed by atoms with van der Waals surface area (Å²) in [6.45, 7) is 6.05. The Hall–Kier alpha value is -0.530. The Kier molecular flexibility index (Phi) is 5.90. The summed E-state index contributed by atoms with van der Waals surface area (Å²) in [6.07, 6.45) is 4.87. The zero-order valence-electron chi connectivity index (χ0n) is 7.68. The monoisotopic (exact) mass is 156 g/mol. The fourth-order valence-electron chi connectivity index (χ4n) is 0.781. The van der Waals surface area contributed by atoms with Gasteiger partial charge in [0.05, 0.1) is 0 Å². The van der Waals surface area contributed by atoms with Crippen LogP contribution in [-0.4, -0.2) is 11.9 Å². The maximum atomic E-state index is 11.0. The molecule has 0 rings (SSSR count). The lowest BCUT2D eigenvalue weighted by atomic mass is 10.2. The van der Waals surface area contributed by atoms with E-state index in [2.05, 4.69) is 12.2 Å². The summed E-state index contributed by atoms with van der Waals surface area (Å²) in [7, 11) is 0. The van der Waals surface area contributed by atoms with Gasteiger partial charge in [0.1, 0.15) is 0 Å². The van der Waals surface area contributed by atoms with Gasteiger partial charge >= 0.3 is 0 Å². The van der Waals surface area contributed by atoms with E-state index >= 15 is 0 Å². The first-order valence-electron chi connectivity index (χ1n) is 4.30. The second kappa shape index (κ2) is 6.20. The van der Waals surface area contributed by atoms with Crippen LogP contribution < -0.4 is 5.32 Å². The van der Waals surface area contributed by atoms with E-state index in [9.17, 15) is 4.79 Å². The fraction of sp³-hybridized carbons (Fsp3) is 0.778. The summed E-state index contributed by atoms with van der Waals surface area (Å²) in [5.41, 5.74) is 0. The Balaban J connectivity index is 3.23. The molecule has 2 heteroatoms. The third-order valence-corrected chi connectivity index (χ3v) is 1.32. The molecule has 1 amide bonds. The molecule has 65 valence electrons. The van der Waals surface area contributed by atoms with Crippen molar-refractivity contribution >= 4 is 5.91 Å². The van der Waals surface area contributed by atoms with Gasteiger partial charge in [-0.05, 0) is 20.3 Å². The molecular formula is C9H18NO. The van der Waals surface area contributed by atoms with Crippen LogP contribution >= 0.6 is 0 Å². The molecule has 1 radical (unpaired) electrons. The first kappa shape index (κ1) is 10.5. The summed E-state index contributed by atoms with van der Waals surface area (Å²) >= 11 is 0. The van der Waals surface area contributed by atoms with Gasteiger partial charge in [0.15, 0.2) is 0 Å². The minimum Gasteiger partial charge on any atom is -0.354 e. The molecule has 0 saturated heterocycles. The van der Waals surface area contributed by atoms with Crippen LogP contribution in [0.1, 0.15) is 40.0 Å². The van der Waals surface area contributed by atoms with Crippen LogP contribution in [0.3, 0.4) is 0 Å². The molecule has 0 bridgehead atoms. The molecule has 0 aromatic rings. The van der Waals surface area contributed by atoms with Crippen molar-refractivity contribution in [2.24, 2.45) is 0 Å². The van der Waals surface area contributed by atoms with Gasteiger partial charge in [-0.2, -0.15) is 0 Å². The topological polar surface area (TPSA) is 29.1 Å². The van der Waals surface area contributed by atoms with Gasteiger partial charge in [0, 0.05) is 12.5 Å². The molecule has 0 aliphatic carbocycles. The summed E-state index contributed by atoms with van der Waals surface area (Å²) in [5, 5.41) is 2.81. The molecule has 0 aliphatic heterocycles. The third kappa shape index (κ3) is 7.37. The molecule has 0 saturated carbocycles. The highest BCUT2D eigenvalue weighted by atomic mass is 16.1. The SMILES string of the molecule is CCCC[CH]C(=O)NC(C)C. The van der Waals surface area contributed by atoms with Crippen molar-refractivity contribution < 1.29 is 4.79 Å². The van der Waals surface area contributed by atoms with E-state index in [0.29, 0.717) is 0 Å². The first-order valence-corrected chi connectivity index (χ1v) is 4.30. The normalized spacial score (nSPS) is 10.2. The number of hydrogen-bond donors (Lipinski definition) is 1. The molecule has 0 aromatic heterocycles. The fourth-order valence-corrected chi connectivity index (χ4v) is 0.781. The van der Waals surface area contributed by atoms with E-state index in [1.54, 1.807) is 6.42 Å². The zero-order valence-corrected chi connectivity index (χ0v) is 7.68. The molecule has 0 aliphatic rings. The molecular weight excluding hydrogens is 138 g/mol. The molecule has 0 spiro atoms. The Bertz CT molecular complexity index is 110. The highest BCUT2D eigenvalue weighted by Gasteiger charge is 2.01. The van der Waals surface area contributed by atoms with Gasteiger partial charge < -0.3 is 5.32 Å². The number of unbranched alkanes of at least 4 members (excludes halogenated alkanes) is 2. The van der Waals surface area contributed by atoms with Crippen LogP contribution in [0.5, 0.6) is 0 Å². The van der Waals surface area contributed by atoms with Gasteiger partial charge in [-0.3, -0.25) is 4.79 Å². The average Bonchev–Trinajstić information content (AvgIpc) is 1.86. The Labute approximate surface area is 69.4 Å². The Morgan fingerprint density at radius 2 is 2.18 bits per heavy atom. The number of amides is 1. The van der Waals surface area contributed by atoms with Crippen LogP contribution in [0.15, 0.2) is 0 Å². The summed E-state index contributed by atoms with van der Waals surface area (Å²) in [6, 6.07) is 0.250. The Morgan fingerprint density at radius 3 is 2.64 bits per heavy atom. The van der Waals surface area contributed by atoms with Gasteiger partial charge in [-0.25, -0.2) is 0 Å². The summed E-state index contributed by atoms with van der Waals surface area (Å²) in [4.78, 5) is 11.0. The maximum Gasteiger partial charge on any atom is 0.224 e. The average molecular weight is 156 g/mol. The van der Waals surface area contributed by atoms with Gasteiger partial charge in [0.25, 0.3) is 0 Å². The quantitative estimate of drug-likeness (QED) is 0.605. The van der Waals surface area contributed by atoms with Crippen LogP contribution in [0.4, 0.5) is 0 Å². The van der Waals surface area contributed by atoms with Crippen molar-refractivity contribution in [3.05, 3.63) is 6.42 Å². The third-order valence-electron chi connectivity index (χ3n) is 1.32. The molecule has 2 nitrogen and oxygen atoms in total. The van der Waals surface area contributed by atoms with Gasteiger partial charge in [0.2, 0.25) is 5.91 Å². The van der Waals surface area contributed by atoms with Crippen molar-refractivity contribution in [2.75, 3.05) is 0 Å². The molecule has 0 aromatic carbocycles. The highest BCUT2D eigenvalue weighted by Crippen LogP contribution is 1.97. The van der Waals surface area contributed by atoms with Gasteiger partial charge in [-0.1, -0.05) is 19.8 Å². The van der Waals surface area contributed by atoms with E-state index in [1.807, 2.05) is 13.8 Å². The number of nitrogens with one attached hydrogen (secondary N) is 1. The standard InChI is InChI=1S/C9H18NO/c1-4-5-6-7-9(11)10-8(2)3/h7-8H,4-6H2,1-3H3,(H,10,11). The van der Waals surface area contributed by atoms with Crippen LogP contribution in [0, 0.1) is 6.42 Å². The lowest BCUT2D eigenvalue weighted by Crippen LogP contribution is -2.30. The van der Waals surface area contributed by atoms with E-state index in [-0.39, 0.29) is 11.9 Å². The molecule has 1 N–H and O–H groups in total. The van der Waals surface area contributed by atoms with Gasteiger partial charge in [-0.15, -0.1) is 0 Å². The van der Waals surface area contributed by atoms with Crippen LogP contribution in [-0.2, 0) is 4.79 Å². The van der Waals surface area contributed by atoms with E-state index in [4.69, 9.17) is 0 Å². The van der Waals surface area contributed by atoms with E-state index in [1.165, 1.54) is 0 Å². The number of hydrogen-bond acceptors (Lipinski definition) is 1. The molecule has 11 heavy (non-hydrogen) atoms. The first-order chi connectivity index (χ1) is 5.16. The largest absolute Gasteiger partial charge is 0.354 e. The van der Waals surface area contributed by atoms with Crippen molar-refractivity contribution in [2.45, 2.75) is 46.1 Å². The molecule has 0 fully saturated rings. The van der Waals surface area contributed by atoms with E-state index in [0.717, 1.165) is 19.3 Å². The molecule has 0 heterocycles. The van der Waals surface area contributed by atoms with Crippen molar-refractivity contribution in [1.82, 2.24) is 5.32 Å². The summed E-state index contributed by atoms with van der Waals surface area (Å²) < 4.78 is 0. The lowest BCUT2D eigenvalue weighted by Gasteiger charge is -2.06. The lowest BCUT2D eigenvalue weighted by molar-refractivity contribution is -0.118. The maximum absolute atomic E-state index is 11.0. The van der Waals surface area contributed by atoms with Crippen LogP contribution in [0.25, 0.3) is 0 Å². The minimum atomic E-state index is 0.0634. The van der Waals surface area contributed by atoms with Crippen molar-refractivity contribution in [3.8, 4) is 0 Å². The Morgan fingerprint density at radius 1 is 1.55 bits per heavy atom. The minimum absolute atomic E-state index is 0.0634. The number of carbonyl (C=O) groups excluding carboxylic acids is 1. The van der Waals surface area contributed by atoms with E-state index < -0.39 is 0 Å². The summed E-state index contributed by atoms with van der Waals surface area (Å²) in [5.74, 6) is 0.0634. The molecule has 0 unspecified atom stereocenters. The molecule has 0 atom stereocenters.